The summed E-state index contributed by atoms with van der Waals surface area (Å²) in [5.41, 5.74) is 1.87. The Morgan fingerprint density at radius 3 is 2.00 bits per heavy atom. The Morgan fingerprint density at radius 2 is 1.67 bits per heavy atom. The monoisotopic (exact) mass is 140 g/mol. The van der Waals surface area contributed by atoms with Gasteiger partial charge in [0.2, 0.25) is 0 Å². The van der Waals surface area contributed by atoms with Gasteiger partial charge in [0.15, 0.2) is 5.43 Å². The van der Waals surface area contributed by atoms with Gasteiger partial charge in [-0.1, -0.05) is 0 Å². The van der Waals surface area contributed by atoms with Crippen molar-refractivity contribution in [1.29, 1.82) is 0 Å². The Labute approximate surface area is 58.0 Å². The molecule has 9 heavy (non-hydrogen) atoms. The summed E-state index contributed by atoms with van der Waals surface area (Å²) in [6, 6.07) is 0. The molecule has 0 bridgehead atoms. The molecule has 1 heterocycles. The third kappa shape index (κ3) is 1.19. The molecule has 0 amide bonds. The summed E-state index contributed by atoms with van der Waals surface area (Å²) in [5, 5.41) is 3.74. The molecule has 0 saturated carbocycles. The van der Waals surface area contributed by atoms with Crippen LogP contribution in [0.15, 0.2) is 15.6 Å². The van der Waals surface area contributed by atoms with Gasteiger partial charge < -0.3 is 0 Å². The first-order valence-electron chi connectivity index (χ1n) is 2.75. The molecule has 0 atom stereocenters. The first-order valence-corrected chi connectivity index (χ1v) is 3.70. The van der Waals surface area contributed by atoms with E-state index in [9.17, 15) is 4.79 Å². The Morgan fingerprint density at radius 1 is 1.22 bits per heavy atom. The molecule has 1 aromatic rings. The van der Waals surface area contributed by atoms with Crippen LogP contribution in [-0.2, 0) is 0 Å². The van der Waals surface area contributed by atoms with Gasteiger partial charge in [0, 0.05) is 11.1 Å². The SMILES string of the molecule is Cc1cscc(C)c1=O. The highest BCUT2D eigenvalue weighted by Gasteiger charge is 1.93. The second-order valence-electron chi connectivity index (χ2n) is 2.07. The van der Waals surface area contributed by atoms with E-state index in [1.54, 1.807) is 11.3 Å². The Kier molecular flexibility index (Phi) is 1.67. The Hall–Kier alpha value is -0.630. The molecule has 0 fully saturated rings. The highest BCUT2D eigenvalue weighted by Crippen LogP contribution is 1.99. The highest BCUT2D eigenvalue weighted by molar-refractivity contribution is 7.07. The van der Waals surface area contributed by atoms with E-state index in [2.05, 4.69) is 0 Å². The highest BCUT2D eigenvalue weighted by atomic mass is 32.1. The predicted molar refractivity (Wildman–Crippen MR) is 40.1 cm³/mol. The Bertz CT molecular complexity index is 239. The van der Waals surface area contributed by atoms with E-state index in [4.69, 9.17) is 0 Å². The number of aryl methyl sites for hydroxylation is 2. The molecular formula is C7H8OS. The van der Waals surface area contributed by atoms with Gasteiger partial charge in [0.1, 0.15) is 0 Å². The van der Waals surface area contributed by atoms with E-state index in [0.29, 0.717) is 0 Å². The minimum absolute atomic E-state index is 0.175. The van der Waals surface area contributed by atoms with Crippen molar-refractivity contribution in [2.45, 2.75) is 13.8 Å². The van der Waals surface area contributed by atoms with E-state index >= 15 is 0 Å². The van der Waals surface area contributed by atoms with Crippen molar-refractivity contribution in [3.05, 3.63) is 32.1 Å². The normalized spacial score (nSPS) is 9.56. The van der Waals surface area contributed by atoms with Crippen LogP contribution in [0.3, 0.4) is 0 Å². The molecule has 0 unspecified atom stereocenters. The van der Waals surface area contributed by atoms with Crippen molar-refractivity contribution in [3.8, 4) is 0 Å². The largest absolute Gasteiger partial charge is 0.289 e. The van der Waals surface area contributed by atoms with Crippen LogP contribution < -0.4 is 5.43 Å². The zero-order valence-electron chi connectivity index (χ0n) is 5.47. The van der Waals surface area contributed by atoms with Gasteiger partial charge in [-0.2, -0.15) is 11.3 Å². The second-order valence-corrected chi connectivity index (χ2v) is 2.81. The molecule has 1 rings (SSSR count). The van der Waals surface area contributed by atoms with Gasteiger partial charge in [-0.15, -0.1) is 0 Å². The van der Waals surface area contributed by atoms with Crippen molar-refractivity contribution >= 4 is 11.3 Å². The first-order chi connectivity index (χ1) is 4.22. The molecule has 48 valence electrons. The fourth-order valence-corrected chi connectivity index (χ4v) is 1.35. The van der Waals surface area contributed by atoms with Crippen LogP contribution in [0.25, 0.3) is 0 Å². The summed E-state index contributed by atoms with van der Waals surface area (Å²) >= 11 is 1.57. The number of hydrogen-bond donors (Lipinski definition) is 0. The van der Waals surface area contributed by atoms with Gasteiger partial charge in [0.25, 0.3) is 0 Å². The van der Waals surface area contributed by atoms with E-state index in [1.165, 1.54) is 0 Å². The zero-order chi connectivity index (χ0) is 6.85. The lowest BCUT2D eigenvalue weighted by Gasteiger charge is -1.89. The van der Waals surface area contributed by atoms with Gasteiger partial charge >= 0.3 is 0 Å². The molecule has 1 aromatic heterocycles. The first kappa shape index (κ1) is 6.49. The van der Waals surface area contributed by atoms with Crippen LogP contribution in [0.4, 0.5) is 0 Å². The van der Waals surface area contributed by atoms with Gasteiger partial charge in [-0.3, -0.25) is 4.79 Å². The second kappa shape index (κ2) is 2.31. The standard InChI is InChI=1S/C7H8OS/c1-5-3-9-4-6(2)7(5)8/h3-4H,1-2H3. The molecule has 2 heteroatoms. The van der Waals surface area contributed by atoms with Crippen LogP contribution in [0.1, 0.15) is 11.1 Å². The average molecular weight is 140 g/mol. The lowest BCUT2D eigenvalue weighted by atomic mass is 10.3. The summed E-state index contributed by atoms with van der Waals surface area (Å²) in [4.78, 5) is 11.0. The van der Waals surface area contributed by atoms with E-state index in [0.717, 1.165) is 11.1 Å². The van der Waals surface area contributed by atoms with E-state index in [-0.39, 0.29) is 5.43 Å². The minimum atomic E-state index is 0.175. The molecular weight excluding hydrogens is 132 g/mol. The summed E-state index contributed by atoms with van der Waals surface area (Å²) in [6.45, 7) is 3.68. The summed E-state index contributed by atoms with van der Waals surface area (Å²) in [7, 11) is 0. The molecule has 0 aliphatic heterocycles. The van der Waals surface area contributed by atoms with Gasteiger partial charge in [-0.05, 0) is 24.6 Å². The maximum atomic E-state index is 11.0. The van der Waals surface area contributed by atoms with Crippen LogP contribution >= 0.6 is 11.3 Å². The lowest BCUT2D eigenvalue weighted by Crippen LogP contribution is -2.05. The predicted octanol–water partition coefficient (Wildman–Crippen LogP) is 1.73. The minimum Gasteiger partial charge on any atom is -0.289 e. The van der Waals surface area contributed by atoms with Crippen molar-refractivity contribution in [1.82, 2.24) is 0 Å². The van der Waals surface area contributed by atoms with Crippen LogP contribution in [0, 0.1) is 13.8 Å². The summed E-state index contributed by atoms with van der Waals surface area (Å²) in [5.74, 6) is 0. The average Bonchev–Trinajstić information content (AvgIpc) is 1.83. The van der Waals surface area contributed by atoms with Crippen LogP contribution in [0.5, 0.6) is 0 Å². The molecule has 0 N–H and O–H groups in total. The zero-order valence-corrected chi connectivity index (χ0v) is 6.29. The number of hydrogen-bond acceptors (Lipinski definition) is 2. The van der Waals surface area contributed by atoms with Crippen molar-refractivity contribution < 1.29 is 0 Å². The van der Waals surface area contributed by atoms with Gasteiger partial charge in [-0.25, -0.2) is 0 Å². The molecule has 0 radical (unpaired) electrons. The molecule has 0 aromatic carbocycles. The third-order valence-corrected chi connectivity index (χ3v) is 2.19. The van der Waals surface area contributed by atoms with E-state index in [1.807, 2.05) is 24.6 Å². The van der Waals surface area contributed by atoms with E-state index < -0.39 is 0 Å². The fourth-order valence-electron chi connectivity index (χ4n) is 0.656. The third-order valence-electron chi connectivity index (χ3n) is 1.21. The maximum absolute atomic E-state index is 11.0. The molecule has 0 saturated heterocycles. The molecule has 0 spiro atoms. The molecule has 0 aliphatic rings. The van der Waals surface area contributed by atoms with Crippen LogP contribution in [0.2, 0.25) is 0 Å². The number of rotatable bonds is 0. The summed E-state index contributed by atoms with van der Waals surface area (Å²) < 4.78 is 0. The Balaban J connectivity index is 3.43. The topological polar surface area (TPSA) is 17.1 Å². The quantitative estimate of drug-likeness (QED) is 0.536. The fraction of sp³-hybridized carbons (Fsp3) is 0.286. The molecule has 1 nitrogen and oxygen atoms in total. The smallest absolute Gasteiger partial charge is 0.186 e. The molecule has 0 aliphatic carbocycles. The lowest BCUT2D eigenvalue weighted by molar-refractivity contribution is 1.35. The van der Waals surface area contributed by atoms with Crippen molar-refractivity contribution in [3.63, 3.8) is 0 Å². The maximum Gasteiger partial charge on any atom is 0.186 e. The van der Waals surface area contributed by atoms with Crippen LogP contribution in [-0.4, -0.2) is 0 Å². The van der Waals surface area contributed by atoms with Crippen molar-refractivity contribution in [2.24, 2.45) is 0 Å². The van der Waals surface area contributed by atoms with Gasteiger partial charge in [0.05, 0.1) is 0 Å². The van der Waals surface area contributed by atoms with Crippen molar-refractivity contribution in [2.75, 3.05) is 0 Å². The summed E-state index contributed by atoms with van der Waals surface area (Å²) in [6.07, 6.45) is 0.